The smallest absolute Gasteiger partial charge is 0.388 e. The Hall–Kier alpha value is -1.07. The zero-order valence-electron chi connectivity index (χ0n) is 9.69. The minimum Gasteiger partial charge on any atom is -0.388 e. The van der Waals surface area contributed by atoms with Crippen molar-refractivity contribution < 1.29 is 23.4 Å². The van der Waals surface area contributed by atoms with E-state index in [2.05, 4.69) is 0 Å². The summed E-state index contributed by atoms with van der Waals surface area (Å²) in [5.74, 6) is -0.545. The Morgan fingerprint density at radius 3 is 2.61 bits per heavy atom. The summed E-state index contributed by atoms with van der Waals surface area (Å²) in [6.07, 6.45) is -7.24. The molecule has 0 fully saturated rings. The number of hydrogen-bond acceptors (Lipinski definition) is 2. The van der Waals surface area contributed by atoms with E-state index in [1.807, 2.05) is 12.1 Å². The van der Waals surface area contributed by atoms with Crippen molar-refractivity contribution in [3.05, 3.63) is 35.4 Å². The van der Waals surface area contributed by atoms with Crippen LogP contribution in [0.4, 0.5) is 13.2 Å². The number of fused-ring (bicyclic) bond motifs is 1. The lowest BCUT2D eigenvalue weighted by atomic mass is 9.79. The lowest BCUT2D eigenvalue weighted by Crippen LogP contribution is -2.33. The van der Waals surface area contributed by atoms with E-state index in [9.17, 15) is 18.3 Å². The van der Waals surface area contributed by atoms with Crippen molar-refractivity contribution in [2.45, 2.75) is 37.6 Å². The predicted octanol–water partition coefficient (Wildman–Crippen LogP) is 2.60. The van der Waals surface area contributed by atoms with Crippen LogP contribution in [0.2, 0.25) is 0 Å². The van der Waals surface area contributed by atoms with E-state index in [4.69, 9.17) is 5.11 Å². The predicted molar refractivity (Wildman–Crippen MR) is 59.9 cm³/mol. The quantitative estimate of drug-likeness (QED) is 0.858. The Kier molecular flexibility index (Phi) is 3.64. The lowest BCUT2D eigenvalue weighted by molar-refractivity contribution is -0.211. The number of aryl methyl sites for hydroxylation is 1. The van der Waals surface area contributed by atoms with Gasteiger partial charge in [0.25, 0.3) is 0 Å². The molecule has 1 aromatic rings. The first-order valence-corrected chi connectivity index (χ1v) is 5.90. The van der Waals surface area contributed by atoms with E-state index in [0.717, 1.165) is 5.56 Å². The van der Waals surface area contributed by atoms with Gasteiger partial charge in [-0.1, -0.05) is 24.3 Å². The summed E-state index contributed by atoms with van der Waals surface area (Å²) in [6.45, 7) is 0. The van der Waals surface area contributed by atoms with Gasteiger partial charge < -0.3 is 10.2 Å². The van der Waals surface area contributed by atoms with Crippen LogP contribution >= 0.6 is 0 Å². The number of aliphatic hydroxyl groups is 2. The first-order chi connectivity index (χ1) is 8.39. The highest BCUT2D eigenvalue weighted by Crippen LogP contribution is 2.38. The second kappa shape index (κ2) is 4.90. The summed E-state index contributed by atoms with van der Waals surface area (Å²) in [6, 6.07) is 7.20. The van der Waals surface area contributed by atoms with E-state index in [1.165, 1.54) is 0 Å². The van der Waals surface area contributed by atoms with Gasteiger partial charge in [0.05, 0.1) is 6.10 Å². The molecule has 0 aromatic heterocycles. The monoisotopic (exact) mass is 260 g/mol. The Morgan fingerprint density at radius 2 is 1.94 bits per heavy atom. The van der Waals surface area contributed by atoms with Gasteiger partial charge in [0.1, 0.15) is 6.10 Å². The fourth-order valence-corrected chi connectivity index (χ4v) is 2.47. The van der Waals surface area contributed by atoms with Gasteiger partial charge in [-0.2, -0.15) is 13.2 Å². The molecule has 18 heavy (non-hydrogen) atoms. The number of hydrogen-bond donors (Lipinski definition) is 2. The van der Waals surface area contributed by atoms with Crippen molar-refractivity contribution in [2.24, 2.45) is 5.92 Å². The lowest BCUT2D eigenvalue weighted by Gasteiger charge is -2.31. The summed E-state index contributed by atoms with van der Waals surface area (Å²) >= 11 is 0. The molecule has 0 saturated carbocycles. The minimum absolute atomic E-state index is 0.445. The van der Waals surface area contributed by atoms with E-state index >= 15 is 0 Å². The molecule has 5 heteroatoms. The number of aliphatic hydroxyl groups excluding tert-OH is 2. The fraction of sp³-hybridized carbons (Fsp3) is 0.538. The van der Waals surface area contributed by atoms with Crippen LogP contribution < -0.4 is 0 Å². The van der Waals surface area contributed by atoms with Gasteiger partial charge in [-0.05, 0) is 36.3 Å². The maximum atomic E-state index is 12.3. The molecule has 0 saturated heterocycles. The highest BCUT2D eigenvalue weighted by molar-refractivity contribution is 5.31. The van der Waals surface area contributed by atoms with Crippen LogP contribution in [-0.4, -0.2) is 22.5 Å². The molecule has 0 radical (unpaired) electrons. The van der Waals surface area contributed by atoms with Gasteiger partial charge in [0, 0.05) is 0 Å². The van der Waals surface area contributed by atoms with E-state index in [0.29, 0.717) is 18.4 Å². The summed E-state index contributed by atoms with van der Waals surface area (Å²) in [7, 11) is 0. The normalized spacial score (nSPS) is 25.6. The summed E-state index contributed by atoms with van der Waals surface area (Å²) in [5, 5.41) is 19.1. The minimum atomic E-state index is -4.61. The maximum Gasteiger partial charge on any atom is 0.414 e. The van der Waals surface area contributed by atoms with E-state index in [1.54, 1.807) is 12.1 Å². The molecule has 1 aliphatic carbocycles. The Balaban J connectivity index is 2.10. The molecule has 0 spiro atoms. The molecule has 0 aliphatic heterocycles. The molecule has 3 atom stereocenters. The number of alkyl halides is 3. The zero-order chi connectivity index (χ0) is 13.3. The van der Waals surface area contributed by atoms with Crippen LogP contribution in [0.25, 0.3) is 0 Å². The van der Waals surface area contributed by atoms with Crippen molar-refractivity contribution in [1.82, 2.24) is 0 Å². The van der Waals surface area contributed by atoms with Gasteiger partial charge in [0.2, 0.25) is 0 Å². The molecular formula is C13H15F3O2. The molecule has 0 amide bonds. The Morgan fingerprint density at radius 1 is 1.28 bits per heavy atom. The molecule has 2 rings (SSSR count). The summed E-state index contributed by atoms with van der Waals surface area (Å²) < 4.78 is 36.9. The highest BCUT2D eigenvalue weighted by Gasteiger charge is 2.41. The number of halogens is 3. The first-order valence-electron chi connectivity index (χ1n) is 5.90. The largest absolute Gasteiger partial charge is 0.414 e. The zero-order valence-corrected chi connectivity index (χ0v) is 9.69. The van der Waals surface area contributed by atoms with Crippen LogP contribution in [0.1, 0.15) is 30.1 Å². The summed E-state index contributed by atoms with van der Waals surface area (Å²) in [4.78, 5) is 0. The van der Waals surface area contributed by atoms with Crippen molar-refractivity contribution >= 4 is 0 Å². The van der Waals surface area contributed by atoms with Crippen LogP contribution in [0.15, 0.2) is 24.3 Å². The Labute approximate surface area is 103 Å². The second-order valence-corrected chi connectivity index (χ2v) is 4.74. The van der Waals surface area contributed by atoms with Crippen molar-refractivity contribution in [2.75, 3.05) is 0 Å². The molecule has 3 unspecified atom stereocenters. The standard InChI is InChI=1S/C13H15F3O2/c14-13(15,16)11(17)7-9-6-5-8-3-1-2-4-10(8)12(9)18/h1-4,9,11-12,17-18H,5-7H2. The van der Waals surface area contributed by atoms with Crippen molar-refractivity contribution in [1.29, 1.82) is 0 Å². The van der Waals surface area contributed by atoms with Gasteiger partial charge in [-0.3, -0.25) is 0 Å². The van der Waals surface area contributed by atoms with Crippen LogP contribution in [0, 0.1) is 5.92 Å². The van der Waals surface area contributed by atoms with E-state index < -0.39 is 30.7 Å². The first kappa shape index (κ1) is 13.4. The van der Waals surface area contributed by atoms with Crippen molar-refractivity contribution in [3.63, 3.8) is 0 Å². The van der Waals surface area contributed by atoms with Gasteiger partial charge >= 0.3 is 6.18 Å². The molecule has 0 heterocycles. The van der Waals surface area contributed by atoms with E-state index in [-0.39, 0.29) is 0 Å². The topological polar surface area (TPSA) is 40.5 Å². The molecular weight excluding hydrogens is 245 g/mol. The molecule has 100 valence electrons. The fourth-order valence-electron chi connectivity index (χ4n) is 2.47. The Bertz CT molecular complexity index is 417. The van der Waals surface area contributed by atoms with Crippen molar-refractivity contribution in [3.8, 4) is 0 Å². The van der Waals surface area contributed by atoms with Crippen LogP contribution in [0.5, 0.6) is 0 Å². The number of benzene rings is 1. The second-order valence-electron chi connectivity index (χ2n) is 4.74. The van der Waals surface area contributed by atoms with Gasteiger partial charge in [-0.15, -0.1) is 0 Å². The molecule has 1 aliphatic rings. The number of rotatable bonds is 2. The summed E-state index contributed by atoms with van der Waals surface area (Å²) in [5.41, 5.74) is 1.66. The third kappa shape index (κ3) is 2.67. The molecule has 2 nitrogen and oxygen atoms in total. The molecule has 0 bridgehead atoms. The van der Waals surface area contributed by atoms with Gasteiger partial charge in [-0.25, -0.2) is 0 Å². The molecule has 1 aromatic carbocycles. The highest BCUT2D eigenvalue weighted by atomic mass is 19.4. The third-order valence-corrected chi connectivity index (χ3v) is 3.51. The van der Waals surface area contributed by atoms with Crippen LogP contribution in [-0.2, 0) is 6.42 Å². The van der Waals surface area contributed by atoms with Gasteiger partial charge in [0.15, 0.2) is 0 Å². The maximum absolute atomic E-state index is 12.3. The third-order valence-electron chi connectivity index (χ3n) is 3.51. The molecule has 2 N–H and O–H groups in total. The SMILES string of the molecule is OC1c2ccccc2CCC1CC(O)C(F)(F)F. The van der Waals surface area contributed by atoms with Crippen LogP contribution in [0.3, 0.4) is 0 Å². The average molecular weight is 260 g/mol. The average Bonchev–Trinajstić information content (AvgIpc) is 2.32.